The van der Waals surface area contributed by atoms with Gasteiger partial charge in [0.15, 0.2) is 5.17 Å². The second kappa shape index (κ2) is 7.11. The zero-order valence-electron chi connectivity index (χ0n) is 13.2. The molecular weight excluding hydrogens is 344 g/mol. The molecule has 1 saturated heterocycles. The van der Waals surface area contributed by atoms with E-state index >= 15 is 0 Å². The molecule has 0 N–H and O–H groups in total. The van der Waals surface area contributed by atoms with Gasteiger partial charge in [-0.2, -0.15) is 0 Å². The molecule has 0 radical (unpaired) electrons. The molecule has 2 aromatic carbocycles. The molecule has 122 valence electrons. The van der Waals surface area contributed by atoms with Gasteiger partial charge in [-0.15, -0.1) is 0 Å². The van der Waals surface area contributed by atoms with Crippen molar-refractivity contribution < 1.29 is 9.53 Å². The highest BCUT2D eigenvalue weighted by Gasteiger charge is 2.30. The summed E-state index contributed by atoms with van der Waals surface area (Å²) in [6.07, 6.45) is 1.84. The van der Waals surface area contributed by atoms with Gasteiger partial charge in [0.2, 0.25) is 0 Å². The molecule has 0 aliphatic carbocycles. The first-order chi connectivity index (χ1) is 11.6. The summed E-state index contributed by atoms with van der Waals surface area (Å²) in [6, 6.07) is 14.8. The molecule has 1 heterocycles. The van der Waals surface area contributed by atoms with Crippen LogP contribution in [0.4, 0.5) is 5.69 Å². The summed E-state index contributed by atoms with van der Waals surface area (Å²) in [5.74, 6) is 0.679. The van der Waals surface area contributed by atoms with Crippen molar-refractivity contribution in [3.8, 4) is 5.75 Å². The minimum Gasteiger partial charge on any atom is -0.497 e. The number of amides is 1. The second-order valence-corrected chi connectivity index (χ2v) is 6.57. The number of likely N-dealkylation sites (N-methyl/N-ethyl adjacent to an activating group) is 1. The van der Waals surface area contributed by atoms with E-state index < -0.39 is 0 Å². The number of ether oxygens (including phenoxy) is 1. The molecule has 6 heteroatoms. The van der Waals surface area contributed by atoms with E-state index in [1.54, 1.807) is 31.2 Å². The maximum atomic E-state index is 12.4. The van der Waals surface area contributed by atoms with Gasteiger partial charge < -0.3 is 4.74 Å². The third-order valence-corrected chi connectivity index (χ3v) is 4.76. The quantitative estimate of drug-likeness (QED) is 0.754. The molecule has 1 aliphatic heterocycles. The van der Waals surface area contributed by atoms with Crippen LogP contribution in [0.2, 0.25) is 5.02 Å². The normalized spacial score (nSPS) is 17.8. The summed E-state index contributed by atoms with van der Waals surface area (Å²) in [5.41, 5.74) is 1.66. The van der Waals surface area contributed by atoms with Crippen LogP contribution in [0.25, 0.3) is 6.08 Å². The number of benzene rings is 2. The van der Waals surface area contributed by atoms with Crippen molar-refractivity contribution in [1.82, 2.24) is 4.90 Å². The topological polar surface area (TPSA) is 41.9 Å². The number of rotatable bonds is 3. The third kappa shape index (κ3) is 3.63. The van der Waals surface area contributed by atoms with Crippen molar-refractivity contribution in [2.75, 3.05) is 14.2 Å². The Labute approximate surface area is 149 Å². The van der Waals surface area contributed by atoms with E-state index in [2.05, 4.69) is 4.99 Å². The molecule has 0 spiro atoms. The highest BCUT2D eigenvalue weighted by atomic mass is 35.5. The van der Waals surface area contributed by atoms with Crippen molar-refractivity contribution in [1.29, 1.82) is 0 Å². The largest absolute Gasteiger partial charge is 0.497 e. The van der Waals surface area contributed by atoms with E-state index in [-0.39, 0.29) is 5.91 Å². The van der Waals surface area contributed by atoms with Gasteiger partial charge in [0.05, 0.1) is 17.7 Å². The van der Waals surface area contributed by atoms with Gasteiger partial charge in [0, 0.05) is 12.1 Å². The maximum absolute atomic E-state index is 12.4. The number of amidine groups is 1. The SMILES string of the molecule is COc1cccc(/C=C2/SC(=Nc3ccc(Cl)cc3)N(C)C2=O)c1. The molecule has 1 fully saturated rings. The smallest absolute Gasteiger partial charge is 0.266 e. The summed E-state index contributed by atoms with van der Waals surface area (Å²) < 4.78 is 5.21. The number of aliphatic imine (C=N–C) groups is 1. The van der Waals surface area contributed by atoms with Gasteiger partial charge in [-0.05, 0) is 59.8 Å². The molecule has 0 atom stereocenters. The van der Waals surface area contributed by atoms with Crippen molar-refractivity contribution in [3.05, 3.63) is 64.0 Å². The number of methoxy groups -OCH3 is 1. The number of thioether (sulfide) groups is 1. The lowest BCUT2D eigenvalue weighted by Crippen LogP contribution is -2.23. The van der Waals surface area contributed by atoms with Gasteiger partial charge in [0.1, 0.15) is 5.75 Å². The van der Waals surface area contributed by atoms with Crippen LogP contribution >= 0.6 is 23.4 Å². The summed E-state index contributed by atoms with van der Waals surface area (Å²) in [6.45, 7) is 0. The number of carbonyl (C=O) groups excluding carboxylic acids is 1. The Balaban J connectivity index is 1.88. The van der Waals surface area contributed by atoms with Crippen LogP contribution in [-0.2, 0) is 4.79 Å². The lowest BCUT2D eigenvalue weighted by molar-refractivity contribution is -0.121. The second-order valence-electron chi connectivity index (χ2n) is 5.12. The summed E-state index contributed by atoms with van der Waals surface area (Å²) in [5, 5.41) is 1.29. The van der Waals surface area contributed by atoms with Crippen molar-refractivity contribution in [3.63, 3.8) is 0 Å². The molecule has 0 saturated carbocycles. The van der Waals surface area contributed by atoms with E-state index in [1.807, 2.05) is 42.5 Å². The molecular formula is C18H15ClN2O2S. The predicted molar refractivity (Wildman–Crippen MR) is 99.9 cm³/mol. The molecule has 4 nitrogen and oxygen atoms in total. The van der Waals surface area contributed by atoms with E-state index in [0.29, 0.717) is 15.1 Å². The Morgan fingerprint density at radius 1 is 1.21 bits per heavy atom. The highest BCUT2D eigenvalue weighted by molar-refractivity contribution is 8.18. The zero-order valence-corrected chi connectivity index (χ0v) is 14.8. The fourth-order valence-electron chi connectivity index (χ4n) is 2.16. The van der Waals surface area contributed by atoms with Crippen LogP contribution in [-0.4, -0.2) is 30.1 Å². The highest BCUT2D eigenvalue weighted by Crippen LogP contribution is 2.33. The van der Waals surface area contributed by atoms with Crippen molar-refractivity contribution >= 4 is 46.2 Å². The predicted octanol–water partition coefficient (Wildman–Crippen LogP) is 4.58. The molecule has 0 aromatic heterocycles. The summed E-state index contributed by atoms with van der Waals surface area (Å²) >= 11 is 7.23. The van der Waals surface area contributed by atoms with Crippen molar-refractivity contribution in [2.24, 2.45) is 4.99 Å². The van der Waals surface area contributed by atoms with E-state index in [0.717, 1.165) is 17.0 Å². The van der Waals surface area contributed by atoms with Crippen LogP contribution in [0.3, 0.4) is 0 Å². The molecule has 1 amide bonds. The molecule has 0 bridgehead atoms. The maximum Gasteiger partial charge on any atom is 0.266 e. The number of halogens is 1. The third-order valence-electron chi connectivity index (χ3n) is 3.45. The molecule has 2 aromatic rings. The fraction of sp³-hybridized carbons (Fsp3) is 0.111. The summed E-state index contributed by atoms with van der Waals surface area (Å²) in [4.78, 5) is 19.1. The lowest BCUT2D eigenvalue weighted by atomic mass is 10.2. The van der Waals surface area contributed by atoms with Crippen molar-refractivity contribution in [2.45, 2.75) is 0 Å². The van der Waals surface area contributed by atoms with Gasteiger partial charge in [-0.1, -0.05) is 23.7 Å². The summed E-state index contributed by atoms with van der Waals surface area (Å²) in [7, 11) is 3.34. The van der Waals surface area contributed by atoms with E-state index in [1.165, 1.54) is 11.8 Å². The van der Waals surface area contributed by atoms with Gasteiger partial charge in [0.25, 0.3) is 5.91 Å². The Morgan fingerprint density at radius 3 is 2.67 bits per heavy atom. The Morgan fingerprint density at radius 2 is 1.96 bits per heavy atom. The van der Waals surface area contributed by atoms with E-state index in [4.69, 9.17) is 16.3 Å². The first kappa shape index (κ1) is 16.6. The lowest BCUT2D eigenvalue weighted by Gasteiger charge is -2.07. The Hall–Kier alpha value is -2.24. The minimum atomic E-state index is -0.0736. The Kier molecular flexibility index (Phi) is 4.92. The number of carbonyl (C=O) groups is 1. The van der Waals surface area contributed by atoms with Crippen LogP contribution in [0.15, 0.2) is 58.4 Å². The average Bonchev–Trinajstić information content (AvgIpc) is 2.85. The van der Waals surface area contributed by atoms with E-state index in [9.17, 15) is 4.79 Å². The van der Waals surface area contributed by atoms with Gasteiger partial charge in [-0.25, -0.2) is 4.99 Å². The van der Waals surface area contributed by atoms with Gasteiger partial charge in [-0.3, -0.25) is 9.69 Å². The number of hydrogen-bond donors (Lipinski definition) is 0. The molecule has 1 aliphatic rings. The Bertz CT molecular complexity index is 831. The standard InChI is InChI=1S/C18H15ClN2O2S/c1-21-17(22)16(11-12-4-3-5-15(10-12)23-2)24-18(21)20-14-8-6-13(19)7-9-14/h3-11H,1-2H3/b16-11+,20-18?. The van der Waals surface area contributed by atoms with Crippen LogP contribution in [0.5, 0.6) is 5.75 Å². The number of nitrogens with zero attached hydrogens (tertiary/aromatic N) is 2. The van der Waals surface area contributed by atoms with Crippen LogP contribution in [0, 0.1) is 0 Å². The first-order valence-corrected chi connectivity index (χ1v) is 8.42. The molecule has 0 unspecified atom stereocenters. The minimum absolute atomic E-state index is 0.0736. The fourth-order valence-corrected chi connectivity index (χ4v) is 3.27. The average molecular weight is 359 g/mol. The van der Waals surface area contributed by atoms with Crippen LogP contribution in [0.1, 0.15) is 5.56 Å². The number of hydrogen-bond acceptors (Lipinski definition) is 4. The molecule has 24 heavy (non-hydrogen) atoms. The zero-order chi connectivity index (χ0) is 17.1. The molecule has 3 rings (SSSR count). The van der Waals surface area contributed by atoms with Gasteiger partial charge >= 0.3 is 0 Å². The monoisotopic (exact) mass is 358 g/mol. The van der Waals surface area contributed by atoms with Crippen LogP contribution < -0.4 is 4.74 Å². The first-order valence-electron chi connectivity index (χ1n) is 7.23.